The van der Waals surface area contributed by atoms with Crippen molar-refractivity contribution >= 4 is 0 Å². The molecule has 70 valence electrons. The normalized spacial score (nSPS) is 27.8. The number of rotatable bonds is 1. The van der Waals surface area contributed by atoms with Gasteiger partial charge in [0.25, 0.3) is 0 Å². The van der Waals surface area contributed by atoms with Crippen LogP contribution in [0.15, 0.2) is 24.3 Å². The van der Waals surface area contributed by atoms with Crippen molar-refractivity contribution < 1.29 is 5.11 Å². The summed E-state index contributed by atoms with van der Waals surface area (Å²) in [6, 6.07) is 7.95. The standard InChI is InChI=1S/C11H15NO/c1-8-5-11(12-7-8)9-3-2-4-10(13)6-9/h2-4,6,8,11-13H,5,7H2,1H3/t8-,11+/m1/s1. The Morgan fingerprint density at radius 1 is 1.46 bits per heavy atom. The minimum Gasteiger partial charge on any atom is -0.508 e. The molecule has 1 aromatic carbocycles. The molecule has 1 heterocycles. The van der Waals surface area contributed by atoms with Crippen LogP contribution >= 0.6 is 0 Å². The lowest BCUT2D eigenvalue weighted by molar-refractivity contribution is 0.473. The Balaban J connectivity index is 2.16. The van der Waals surface area contributed by atoms with Gasteiger partial charge in [0.15, 0.2) is 0 Å². The first-order valence-electron chi connectivity index (χ1n) is 4.78. The van der Waals surface area contributed by atoms with E-state index < -0.39 is 0 Å². The Morgan fingerprint density at radius 3 is 2.92 bits per heavy atom. The zero-order valence-corrected chi connectivity index (χ0v) is 7.83. The lowest BCUT2D eigenvalue weighted by Crippen LogP contribution is -2.13. The summed E-state index contributed by atoms with van der Waals surface area (Å²) < 4.78 is 0. The smallest absolute Gasteiger partial charge is 0.115 e. The van der Waals surface area contributed by atoms with E-state index in [0.29, 0.717) is 11.8 Å². The van der Waals surface area contributed by atoms with E-state index in [2.05, 4.69) is 18.3 Å². The fourth-order valence-corrected chi connectivity index (χ4v) is 1.91. The third-order valence-electron chi connectivity index (χ3n) is 2.62. The molecule has 0 radical (unpaired) electrons. The molecule has 1 aliphatic rings. The Labute approximate surface area is 78.6 Å². The number of benzene rings is 1. The van der Waals surface area contributed by atoms with Gasteiger partial charge in [0.1, 0.15) is 5.75 Å². The fourth-order valence-electron chi connectivity index (χ4n) is 1.91. The second kappa shape index (κ2) is 3.38. The second-order valence-corrected chi connectivity index (χ2v) is 3.90. The van der Waals surface area contributed by atoms with E-state index in [0.717, 1.165) is 12.5 Å². The largest absolute Gasteiger partial charge is 0.508 e. The molecule has 0 saturated carbocycles. The topological polar surface area (TPSA) is 32.3 Å². The van der Waals surface area contributed by atoms with Crippen molar-refractivity contribution in [3.63, 3.8) is 0 Å². The molecule has 2 N–H and O–H groups in total. The lowest BCUT2D eigenvalue weighted by atomic mass is 10.0. The van der Waals surface area contributed by atoms with Gasteiger partial charge in [-0.15, -0.1) is 0 Å². The molecular formula is C11H15NO. The highest BCUT2D eigenvalue weighted by atomic mass is 16.3. The first-order valence-corrected chi connectivity index (χ1v) is 4.78. The Hall–Kier alpha value is -1.02. The summed E-state index contributed by atoms with van der Waals surface area (Å²) in [5.74, 6) is 1.10. The molecule has 0 spiro atoms. The molecule has 1 saturated heterocycles. The molecule has 0 aromatic heterocycles. The van der Waals surface area contributed by atoms with Crippen molar-refractivity contribution in [2.75, 3.05) is 6.54 Å². The van der Waals surface area contributed by atoms with Gasteiger partial charge >= 0.3 is 0 Å². The zero-order valence-electron chi connectivity index (χ0n) is 7.83. The van der Waals surface area contributed by atoms with E-state index in [4.69, 9.17) is 0 Å². The average molecular weight is 177 g/mol. The highest BCUT2D eigenvalue weighted by molar-refractivity contribution is 5.29. The van der Waals surface area contributed by atoms with Crippen molar-refractivity contribution in [1.29, 1.82) is 0 Å². The second-order valence-electron chi connectivity index (χ2n) is 3.90. The van der Waals surface area contributed by atoms with E-state index in [1.807, 2.05) is 12.1 Å². The number of hydrogen-bond donors (Lipinski definition) is 2. The van der Waals surface area contributed by atoms with Crippen LogP contribution in [0.1, 0.15) is 24.9 Å². The summed E-state index contributed by atoms with van der Waals surface area (Å²) in [4.78, 5) is 0. The number of aromatic hydroxyl groups is 1. The Kier molecular flexibility index (Phi) is 2.23. The van der Waals surface area contributed by atoms with Crippen LogP contribution in [-0.2, 0) is 0 Å². The third kappa shape index (κ3) is 1.83. The molecule has 1 aromatic rings. The summed E-state index contributed by atoms with van der Waals surface area (Å²) in [6.07, 6.45) is 1.17. The van der Waals surface area contributed by atoms with Crippen LogP contribution in [-0.4, -0.2) is 11.7 Å². The molecule has 2 rings (SSSR count). The molecular weight excluding hydrogens is 162 g/mol. The fraction of sp³-hybridized carbons (Fsp3) is 0.455. The maximum atomic E-state index is 9.31. The number of phenols is 1. The van der Waals surface area contributed by atoms with Crippen molar-refractivity contribution in [2.45, 2.75) is 19.4 Å². The van der Waals surface area contributed by atoms with Gasteiger partial charge in [0.05, 0.1) is 0 Å². The van der Waals surface area contributed by atoms with Crippen LogP contribution in [0.25, 0.3) is 0 Å². The first kappa shape index (κ1) is 8.57. The summed E-state index contributed by atoms with van der Waals surface area (Å²) in [6.45, 7) is 3.33. The van der Waals surface area contributed by atoms with Crippen LogP contribution in [0.2, 0.25) is 0 Å². The average Bonchev–Trinajstić information content (AvgIpc) is 2.52. The van der Waals surface area contributed by atoms with Gasteiger partial charge in [-0.05, 0) is 36.6 Å². The third-order valence-corrected chi connectivity index (χ3v) is 2.62. The number of hydrogen-bond acceptors (Lipinski definition) is 2. The molecule has 2 atom stereocenters. The molecule has 0 amide bonds. The van der Waals surface area contributed by atoms with E-state index >= 15 is 0 Å². The monoisotopic (exact) mass is 177 g/mol. The minimum absolute atomic E-state index is 0.360. The predicted molar refractivity (Wildman–Crippen MR) is 52.6 cm³/mol. The first-order chi connectivity index (χ1) is 6.25. The molecule has 13 heavy (non-hydrogen) atoms. The van der Waals surface area contributed by atoms with Crippen LogP contribution < -0.4 is 5.32 Å². The van der Waals surface area contributed by atoms with Gasteiger partial charge in [-0.3, -0.25) is 0 Å². The van der Waals surface area contributed by atoms with Crippen molar-refractivity contribution in [1.82, 2.24) is 5.32 Å². The molecule has 0 aliphatic carbocycles. The molecule has 1 aliphatic heterocycles. The summed E-state index contributed by atoms with van der Waals surface area (Å²) in [5, 5.41) is 12.8. The van der Waals surface area contributed by atoms with Crippen LogP contribution in [0.5, 0.6) is 5.75 Å². The van der Waals surface area contributed by atoms with E-state index in [1.165, 1.54) is 12.0 Å². The van der Waals surface area contributed by atoms with Gasteiger partial charge in [-0.25, -0.2) is 0 Å². The van der Waals surface area contributed by atoms with E-state index in [-0.39, 0.29) is 0 Å². The zero-order chi connectivity index (χ0) is 9.26. The van der Waals surface area contributed by atoms with Crippen LogP contribution in [0.4, 0.5) is 0 Å². The Bertz CT molecular complexity index is 298. The number of phenolic OH excluding ortho intramolecular Hbond substituents is 1. The van der Waals surface area contributed by atoms with Crippen LogP contribution in [0.3, 0.4) is 0 Å². The molecule has 1 fully saturated rings. The van der Waals surface area contributed by atoms with Crippen molar-refractivity contribution in [3.05, 3.63) is 29.8 Å². The minimum atomic E-state index is 0.360. The van der Waals surface area contributed by atoms with Gasteiger partial charge in [-0.2, -0.15) is 0 Å². The summed E-state index contributed by atoms with van der Waals surface area (Å²) in [7, 11) is 0. The molecule has 0 unspecified atom stereocenters. The highest BCUT2D eigenvalue weighted by Crippen LogP contribution is 2.28. The van der Waals surface area contributed by atoms with Gasteiger partial charge in [-0.1, -0.05) is 19.1 Å². The highest BCUT2D eigenvalue weighted by Gasteiger charge is 2.21. The Morgan fingerprint density at radius 2 is 2.31 bits per heavy atom. The molecule has 2 heteroatoms. The van der Waals surface area contributed by atoms with E-state index in [1.54, 1.807) is 6.07 Å². The number of nitrogens with one attached hydrogen (secondary N) is 1. The SMILES string of the molecule is C[C@H]1CN[C@H](c2cccc(O)c2)C1. The maximum absolute atomic E-state index is 9.31. The molecule has 2 nitrogen and oxygen atoms in total. The maximum Gasteiger partial charge on any atom is 0.115 e. The lowest BCUT2D eigenvalue weighted by Gasteiger charge is -2.10. The van der Waals surface area contributed by atoms with E-state index in [9.17, 15) is 5.11 Å². The predicted octanol–water partition coefficient (Wildman–Crippen LogP) is 2.06. The van der Waals surface area contributed by atoms with Crippen LogP contribution in [0, 0.1) is 5.92 Å². The van der Waals surface area contributed by atoms with Gasteiger partial charge < -0.3 is 10.4 Å². The van der Waals surface area contributed by atoms with Crippen molar-refractivity contribution in [2.24, 2.45) is 5.92 Å². The van der Waals surface area contributed by atoms with Crippen molar-refractivity contribution in [3.8, 4) is 5.75 Å². The summed E-state index contributed by atoms with van der Waals surface area (Å²) in [5.41, 5.74) is 1.20. The molecule has 0 bridgehead atoms. The summed E-state index contributed by atoms with van der Waals surface area (Å²) >= 11 is 0. The van der Waals surface area contributed by atoms with Gasteiger partial charge in [0.2, 0.25) is 0 Å². The quantitative estimate of drug-likeness (QED) is 0.688. The van der Waals surface area contributed by atoms with Gasteiger partial charge in [0, 0.05) is 6.04 Å².